The molecule has 16 heterocycles. The van der Waals surface area contributed by atoms with Crippen LogP contribution >= 0.6 is 0 Å². The number of rotatable bonds is 4. The maximum absolute atomic E-state index is 13.6. The number of methoxy groups -OCH3 is 4. The summed E-state index contributed by atoms with van der Waals surface area (Å²) in [6.07, 6.45) is 0. The zero-order valence-corrected chi connectivity index (χ0v) is 37.6. The summed E-state index contributed by atoms with van der Waals surface area (Å²) in [7, 11) is 5.25. The van der Waals surface area contributed by atoms with E-state index in [1.807, 2.05) is 121 Å². The maximum atomic E-state index is 13.6. The molecule has 0 aromatic heterocycles. The molecule has 0 unspecified atom stereocenters. The standard InChI is InChI=1S/C56H44O12/c1-61-53(57)49-45-37-17-13-34-22-42(37)46(50(49)54(58)62-2)38-18-14-33(21-41(38)45)65-25-29-5-7-31(8-6-29)27-67-35-15-19-39-43(23-35)47-40-20-16-36(68-28-32-11-9-30(10-12-32)26-66-34)24-44(40)48(39)52(56(60)64-4)51(47)55(59)63-3/h5-24,45-48H,25-28H2,1-4H3/t45-,46-,47-,48-/m0/s1. The third kappa shape index (κ3) is 6.97. The molecule has 0 fully saturated rings. The highest BCUT2D eigenvalue weighted by atomic mass is 16.5. The van der Waals surface area contributed by atoms with Crippen LogP contribution in [0.15, 0.2) is 144 Å². The van der Waals surface area contributed by atoms with E-state index in [9.17, 15) is 19.2 Å². The molecular weight excluding hydrogens is 865 g/mol. The molecule has 16 aliphatic heterocycles. The van der Waals surface area contributed by atoms with Gasteiger partial charge in [0.1, 0.15) is 49.4 Å². The van der Waals surface area contributed by atoms with Crippen LogP contribution in [0.3, 0.4) is 0 Å². The predicted molar refractivity (Wildman–Crippen MR) is 245 cm³/mol. The summed E-state index contributed by atoms with van der Waals surface area (Å²) in [5.41, 5.74) is 11.6. The number of carbonyl (C=O) groups excluding carboxylic acids is 4. The van der Waals surface area contributed by atoms with Crippen molar-refractivity contribution in [3.8, 4) is 23.0 Å². The number of ether oxygens (including phenoxy) is 8. The van der Waals surface area contributed by atoms with Gasteiger partial charge >= 0.3 is 23.9 Å². The number of carbonyl (C=O) groups is 4. The lowest BCUT2D eigenvalue weighted by Crippen LogP contribution is -2.35. The maximum Gasteiger partial charge on any atom is 0.335 e. The number of hydrogen-bond donors (Lipinski definition) is 0. The van der Waals surface area contributed by atoms with E-state index >= 15 is 0 Å². The normalized spacial score (nSPS) is 19.2. The Labute approximate surface area is 391 Å². The van der Waals surface area contributed by atoms with Crippen LogP contribution in [0, 0.1) is 0 Å². The molecule has 6 aliphatic carbocycles. The molecule has 22 aliphatic rings. The van der Waals surface area contributed by atoms with Crippen LogP contribution in [0.1, 0.15) is 90.4 Å². The van der Waals surface area contributed by atoms with Crippen molar-refractivity contribution in [2.45, 2.75) is 50.1 Å². The van der Waals surface area contributed by atoms with Crippen LogP contribution in [0.4, 0.5) is 0 Å². The quantitative estimate of drug-likeness (QED) is 0.123. The van der Waals surface area contributed by atoms with E-state index in [2.05, 4.69) is 0 Å². The lowest BCUT2D eigenvalue weighted by atomic mass is 9.61. The van der Waals surface area contributed by atoms with Crippen molar-refractivity contribution < 1.29 is 57.1 Å². The topological polar surface area (TPSA) is 142 Å². The first-order valence-corrected chi connectivity index (χ1v) is 22.2. The fourth-order valence-corrected chi connectivity index (χ4v) is 10.6. The first kappa shape index (κ1) is 42.5. The highest BCUT2D eigenvalue weighted by molar-refractivity contribution is 6.07. The van der Waals surface area contributed by atoms with Crippen LogP contribution < -0.4 is 18.9 Å². The van der Waals surface area contributed by atoms with Gasteiger partial charge in [0.2, 0.25) is 0 Å². The molecule has 6 aromatic rings. The Morgan fingerprint density at radius 2 is 0.529 bits per heavy atom. The summed E-state index contributed by atoms with van der Waals surface area (Å²) in [6, 6.07) is 39.0. The van der Waals surface area contributed by atoms with Crippen LogP contribution in [0.2, 0.25) is 0 Å². The van der Waals surface area contributed by atoms with Gasteiger partial charge in [0.25, 0.3) is 0 Å². The summed E-state index contributed by atoms with van der Waals surface area (Å²) in [4.78, 5) is 54.3. The van der Waals surface area contributed by atoms with Crippen molar-refractivity contribution in [3.63, 3.8) is 0 Å². The van der Waals surface area contributed by atoms with Gasteiger partial charge in [-0.1, -0.05) is 72.8 Å². The van der Waals surface area contributed by atoms with Crippen molar-refractivity contribution >= 4 is 23.9 Å². The van der Waals surface area contributed by atoms with Crippen molar-refractivity contribution in [2.75, 3.05) is 28.4 Å². The molecular formula is C56H44O12. The lowest BCUT2D eigenvalue weighted by Gasteiger charge is -2.42. The Balaban J connectivity index is 0.956. The fraction of sp³-hybridized carbons (Fsp3) is 0.214. The van der Waals surface area contributed by atoms with Gasteiger partial charge in [-0.25, -0.2) is 19.2 Å². The van der Waals surface area contributed by atoms with E-state index in [0.29, 0.717) is 23.0 Å². The Bertz CT molecular complexity index is 2740. The van der Waals surface area contributed by atoms with Gasteiger partial charge in [0, 0.05) is 23.7 Å². The molecule has 0 spiro atoms. The largest absolute Gasteiger partial charge is 0.489 e. The molecule has 12 nitrogen and oxygen atoms in total. The average molecular weight is 909 g/mol. The van der Waals surface area contributed by atoms with Crippen LogP contribution in [0.5, 0.6) is 23.0 Å². The predicted octanol–water partition coefficient (Wildman–Crippen LogP) is 8.78. The third-order valence-corrected chi connectivity index (χ3v) is 13.7. The molecule has 0 saturated heterocycles. The Morgan fingerprint density at radius 3 is 0.721 bits per heavy atom. The van der Waals surface area contributed by atoms with E-state index < -0.39 is 47.5 Å². The molecule has 28 rings (SSSR count). The molecule has 0 radical (unpaired) electrons. The zero-order chi connectivity index (χ0) is 46.8. The summed E-state index contributed by atoms with van der Waals surface area (Å²) in [6.45, 7) is 1.08. The second-order valence-electron chi connectivity index (χ2n) is 17.3. The molecule has 4 atom stereocenters. The van der Waals surface area contributed by atoms with Crippen LogP contribution in [-0.2, 0) is 64.6 Å². The SMILES string of the molecule is COC(=O)C1=C(C(=O)OC)[C@H]2c3ccc4cc3[C@@H]1c1ccc(cc12)OCc1ccc(cc1)COc1ccc2c(c1)[C@H]1C(C(=O)OC)=C(C(=O)OC)[C@@H]2c2cc(ccc21)OCc1ccc(cc1)CO4. The van der Waals surface area contributed by atoms with Gasteiger partial charge in [0.15, 0.2) is 0 Å². The van der Waals surface area contributed by atoms with Crippen LogP contribution in [0.25, 0.3) is 0 Å². The molecule has 20 bridgehead atoms. The van der Waals surface area contributed by atoms with E-state index in [1.165, 1.54) is 28.4 Å². The van der Waals surface area contributed by atoms with E-state index in [4.69, 9.17) is 37.9 Å². The summed E-state index contributed by atoms with van der Waals surface area (Å²) in [5.74, 6) is -2.44. The second-order valence-corrected chi connectivity index (χ2v) is 17.3. The monoisotopic (exact) mass is 908 g/mol. The van der Waals surface area contributed by atoms with Gasteiger partial charge in [-0.15, -0.1) is 0 Å². The first-order valence-electron chi connectivity index (χ1n) is 22.2. The minimum atomic E-state index is -0.614. The number of esters is 4. The summed E-state index contributed by atoms with van der Waals surface area (Å²) in [5, 5.41) is 0. The molecule has 340 valence electrons. The average Bonchev–Trinajstić information content (AvgIpc) is 3.39. The van der Waals surface area contributed by atoms with E-state index in [-0.39, 0.29) is 48.7 Å². The fourth-order valence-electron chi connectivity index (χ4n) is 10.6. The molecule has 0 N–H and O–H groups in total. The first-order chi connectivity index (χ1) is 33.2. The lowest BCUT2D eigenvalue weighted by molar-refractivity contribution is -0.140. The van der Waals surface area contributed by atoms with Gasteiger partial charge in [-0.3, -0.25) is 0 Å². The van der Waals surface area contributed by atoms with E-state index in [0.717, 1.165) is 66.8 Å². The minimum absolute atomic E-state index is 0.249. The molecule has 0 amide bonds. The third-order valence-electron chi connectivity index (χ3n) is 13.7. The number of hydrogen-bond acceptors (Lipinski definition) is 12. The van der Waals surface area contributed by atoms with Gasteiger partial charge in [0.05, 0.1) is 50.7 Å². The van der Waals surface area contributed by atoms with Gasteiger partial charge in [-0.2, -0.15) is 0 Å². The van der Waals surface area contributed by atoms with Gasteiger partial charge in [-0.05, 0) is 115 Å². The molecule has 68 heavy (non-hydrogen) atoms. The Morgan fingerprint density at radius 1 is 0.324 bits per heavy atom. The zero-order valence-electron chi connectivity index (χ0n) is 37.6. The van der Waals surface area contributed by atoms with E-state index in [1.54, 1.807) is 0 Å². The van der Waals surface area contributed by atoms with Crippen molar-refractivity contribution in [3.05, 3.63) is 210 Å². The molecule has 12 heteroatoms. The second kappa shape index (κ2) is 16.9. The van der Waals surface area contributed by atoms with Crippen molar-refractivity contribution in [2.24, 2.45) is 0 Å². The summed E-state index contributed by atoms with van der Waals surface area (Å²) >= 11 is 0. The van der Waals surface area contributed by atoms with Crippen molar-refractivity contribution in [1.29, 1.82) is 0 Å². The molecule has 0 saturated carbocycles. The number of benzene rings is 6. The van der Waals surface area contributed by atoms with Crippen LogP contribution in [-0.4, -0.2) is 52.3 Å². The summed E-state index contributed by atoms with van der Waals surface area (Å²) < 4.78 is 46.6. The smallest absolute Gasteiger partial charge is 0.335 e. The highest BCUT2D eigenvalue weighted by Gasteiger charge is 2.50. The Kier molecular flexibility index (Phi) is 10.6. The minimum Gasteiger partial charge on any atom is -0.489 e. The van der Waals surface area contributed by atoms with Gasteiger partial charge < -0.3 is 37.9 Å². The van der Waals surface area contributed by atoms with Crippen molar-refractivity contribution in [1.82, 2.24) is 0 Å². The molecule has 6 aromatic carbocycles. The Hall–Kier alpha value is -8.12. The highest BCUT2D eigenvalue weighted by Crippen LogP contribution is 2.59.